The number of likely N-dealkylation sites (tertiary alicyclic amines) is 1. The summed E-state index contributed by atoms with van der Waals surface area (Å²) >= 11 is 0. The minimum atomic E-state index is -0.863. The number of carboxylic acids is 1. The number of ether oxygens (including phenoxy) is 1. The number of carbonyl (C=O) groups excluding carboxylic acids is 2. The number of rotatable bonds is 5. The number of carboxylic acid groups (broad SMARTS) is 1. The topological polar surface area (TPSA) is 95.9 Å². The molecule has 1 amide bonds. The fourth-order valence-electron chi connectivity index (χ4n) is 2.35. The lowest BCUT2D eigenvalue weighted by Gasteiger charge is -2.30. The van der Waals surface area contributed by atoms with Crippen molar-refractivity contribution >= 4 is 17.8 Å². The maximum absolute atomic E-state index is 12.2. The molecule has 7 heteroatoms. The van der Waals surface area contributed by atoms with Crippen LogP contribution in [0.5, 0.6) is 0 Å². The Hall–Kier alpha value is -1.63. The number of hydrogen-bond donors (Lipinski definition) is 2. The van der Waals surface area contributed by atoms with E-state index in [1.165, 1.54) is 0 Å². The molecule has 1 aliphatic heterocycles. The van der Waals surface area contributed by atoms with Gasteiger partial charge in [-0.25, -0.2) is 4.79 Å². The summed E-state index contributed by atoms with van der Waals surface area (Å²) in [4.78, 5) is 36.6. The van der Waals surface area contributed by atoms with Gasteiger partial charge in [0.1, 0.15) is 11.8 Å². The van der Waals surface area contributed by atoms with Crippen LogP contribution in [0.3, 0.4) is 0 Å². The molecule has 0 saturated carbocycles. The largest absolute Gasteiger partial charge is 0.481 e. The van der Waals surface area contributed by atoms with Crippen molar-refractivity contribution in [2.24, 2.45) is 0 Å². The third-order valence-corrected chi connectivity index (χ3v) is 3.28. The average Bonchev–Trinajstić information content (AvgIpc) is 2.51. The summed E-state index contributed by atoms with van der Waals surface area (Å²) in [6.07, 6.45) is 1.17. The molecule has 0 spiro atoms. The van der Waals surface area contributed by atoms with E-state index in [4.69, 9.17) is 9.84 Å². The molecule has 0 unspecified atom stereocenters. The standard InChI is InChI=1S/C15H26N2O5/c1-15(2,3)22-14(21)16-13-11(18)7-4-5-9-17(13)10-6-8-12(19)20/h13H,4-10H2,1-3H3,(H,16,21)(H,19,20)/t13-/m1/s1. The lowest BCUT2D eigenvalue weighted by Crippen LogP contribution is -2.53. The van der Waals surface area contributed by atoms with Gasteiger partial charge in [-0.05, 0) is 40.0 Å². The highest BCUT2D eigenvalue weighted by Crippen LogP contribution is 2.14. The Morgan fingerprint density at radius 3 is 2.64 bits per heavy atom. The highest BCUT2D eigenvalue weighted by atomic mass is 16.6. The van der Waals surface area contributed by atoms with Crippen LogP contribution in [0.4, 0.5) is 4.79 Å². The third-order valence-electron chi connectivity index (χ3n) is 3.28. The van der Waals surface area contributed by atoms with Crippen molar-refractivity contribution in [2.45, 2.75) is 64.6 Å². The summed E-state index contributed by atoms with van der Waals surface area (Å²) in [7, 11) is 0. The fraction of sp³-hybridized carbons (Fsp3) is 0.800. The second-order valence-electron chi connectivity index (χ2n) is 6.51. The Labute approximate surface area is 131 Å². The van der Waals surface area contributed by atoms with E-state index in [1.807, 2.05) is 4.90 Å². The van der Waals surface area contributed by atoms with Crippen LogP contribution in [0.2, 0.25) is 0 Å². The maximum Gasteiger partial charge on any atom is 0.409 e. The van der Waals surface area contributed by atoms with Gasteiger partial charge in [0, 0.05) is 25.9 Å². The number of nitrogens with zero attached hydrogens (tertiary/aromatic N) is 1. The Bertz CT molecular complexity index is 417. The molecule has 0 bridgehead atoms. The van der Waals surface area contributed by atoms with Crippen molar-refractivity contribution in [3.8, 4) is 0 Å². The highest BCUT2D eigenvalue weighted by Gasteiger charge is 2.30. The zero-order valence-electron chi connectivity index (χ0n) is 13.6. The van der Waals surface area contributed by atoms with Gasteiger partial charge in [0.25, 0.3) is 0 Å². The van der Waals surface area contributed by atoms with Gasteiger partial charge in [-0.3, -0.25) is 19.8 Å². The average molecular weight is 314 g/mol. The van der Waals surface area contributed by atoms with Crippen LogP contribution in [0.25, 0.3) is 0 Å². The molecule has 1 fully saturated rings. The van der Waals surface area contributed by atoms with Crippen molar-refractivity contribution in [1.29, 1.82) is 0 Å². The van der Waals surface area contributed by atoms with E-state index in [2.05, 4.69) is 5.32 Å². The van der Waals surface area contributed by atoms with Crippen molar-refractivity contribution in [1.82, 2.24) is 10.2 Å². The molecule has 0 aromatic heterocycles. The highest BCUT2D eigenvalue weighted by molar-refractivity contribution is 5.87. The molecule has 1 atom stereocenters. The molecule has 1 saturated heterocycles. The van der Waals surface area contributed by atoms with Crippen LogP contribution in [-0.2, 0) is 14.3 Å². The normalized spacial score (nSPS) is 20.3. The molecule has 1 heterocycles. The Morgan fingerprint density at radius 1 is 1.36 bits per heavy atom. The molecule has 1 rings (SSSR count). The number of aliphatic carboxylic acids is 1. The number of nitrogens with one attached hydrogen (secondary N) is 1. The zero-order valence-corrected chi connectivity index (χ0v) is 13.6. The summed E-state index contributed by atoms with van der Waals surface area (Å²) in [5, 5.41) is 11.3. The molecule has 0 aliphatic carbocycles. The van der Waals surface area contributed by atoms with Crippen molar-refractivity contribution in [3.63, 3.8) is 0 Å². The summed E-state index contributed by atoms with van der Waals surface area (Å²) in [5.74, 6) is -0.920. The monoisotopic (exact) mass is 314 g/mol. The van der Waals surface area contributed by atoms with E-state index in [0.29, 0.717) is 25.9 Å². The van der Waals surface area contributed by atoms with E-state index in [0.717, 1.165) is 12.8 Å². The Kier molecular flexibility index (Phi) is 6.80. The number of Topliss-reactive ketones (excluding diaryl/α,β-unsaturated/α-hetero) is 1. The first-order valence-electron chi connectivity index (χ1n) is 7.67. The van der Waals surface area contributed by atoms with Gasteiger partial charge in [0.15, 0.2) is 5.78 Å². The van der Waals surface area contributed by atoms with Gasteiger partial charge in [-0.15, -0.1) is 0 Å². The predicted octanol–water partition coefficient (Wildman–Crippen LogP) is 1.76. The van der Waals surface area contributed by atoms with E-state index < -0.39 is 23.8 Å². The molecule has 0 aromatic carbocycles. The number of amides is 1. The van der Waals surface area contributed by atoms with Gasteiger partial charge in [-0.1, -0.05) is 0 Å². The second kappa shape index (κ2) is 8.12. The summed E-state index contributed by atoms with van der Waals surface area (Å²) in [6, 6.07) is 0. The molecule has 22 heavy (non-hydrogen) atoms. The molecule has 0 aromatic rings. The van der Waals surface area contributed by atoms with Crippen molar-refractivity contribution in [3.05, 3.63) is 0 Å². The van der Waals surface area contributed by atoms with Crippen LogP contribution in [-0.4, -0.2) is 52.7 Å². The van der Waals surface area contributed by atoms with Gasteiger partial charge in [0.2, 0.25) is 0 Å². The molecular formula is C15H26N2O5. The zero-order chi connectivity index (χ0) is 16.8. The Balaban J connectivity index is 2.67. The summed E-state index contributed by atoms with van der Waals surface area (Å²) in [6.45, 7) is 6.38. The predicted molar refractivity (Wildman–Crippen MR) is 80.5 cm³/mol. The van der Waals surface area contributed by atoms with Crippen LogP contribution in [0.1, 0.15) is 52.9 Å². The SMILES string of the molecule is CC(C)(C)OC(=O)N[C@H]1C(=O)CCCCN1CCCC(=O)O. The molecule has 0 radical (unpaired) electrons. The fourth-order valence-corrected chi connectivity index (χ4v) is 2.35. The van der Waals surface area contributed by atoms with Crippen LogP contribution >= 0.6 is 0 Å². The second-order valence-corrected chi connectivity index (χ2v) is 6.51. The molecule has 126 valence electrons. The Morgan fingerprint density at radius 2 is 2.05 bits per heavy atom. The van der Waals surface area contributed by atoms with Gasteiger partial charge < -0.3 is 9.84 Å². The number of alkyl carbamates (subject to hydrolysis) is 1. The van der Waals surface area contributed by atoms with Gasteiger partial charge in [-0.2, -0.15) is 0 Å². The number of ketones is 1. The first-order valence-corrected chi connectivity index (χ1v) is 7.67. The molecule has 7 nitrogen and oxygen atoms in total. The first-order chi connectivity index (χ1) is 10.2. The van der Waals surface area contributed by atoms with Crippen molar-refractivity contribution in [2.75, 3.05) is 13.1 Å². The first kappa shape index (κ1) is 18.4. The van der Waals surface area contributed by atoms with E-state index >= 15 is 0 Å². The number of hydrogen-bond acceptors (Lipinski definition) is 5. The summed E-state index contributed by atoms with van der Waals surface area (Å²) < 4.78 is 5.20. The van der Waals surface area contributed by atoms with E-state index in [9.17, 15) is 14.4 Å². The van der Waals surface area contributed by atoms with Gasteiger partial charge in [0.05, 0.1) is 0 Å². The number of carbonyl (C=O) groups is 3. The third kappa shape index (κ3) is 6.89. The molecular weight excluding hydrogens is 288 g/mol. The van der Waals surface area contributed by atoms with Crippen LogP contribution in [0.15, 0.2) is 0 Å². The quantitative estimate of drug-likeness (QED) is 0.802. The van der Waals surface area contributed by atoms with E-state index in [-0.39, 0.29) is 12.2 Å². The van der Waals surface area contributed by atoms with Gasteiger partial charge >= 0.3 is 12.1 Å². The van der Waals surface area contributed by atoms with Crippen LogP contribution in [0, 0.1) is 0 Å². The van der Waals surface area contributed by atoms with Crippen LogP contribution < -0.4 is 5.32 Å². The maximum atomic E-state index is 12.2. The lowest BCUT2D eigenvalue weighted by molar-refractivity contribution is -0.137. The molecule has 1 aliphatic rings. The summed E-state index contributed by atoms with van der Waals surface area (Å²) in [5.41, 5.74) is -0.633. The van der Waals surface area contributed by atoms with E-state index in [1.54, 1.807) is 20.8 Å². The minimum absolute atomic E-state index is 0.0455. The lowest BCUT2D eigenvalue weighted by atomic mass is 10.2. The smallest absolute Gasteiger partial charge is 0.409 e. The molecule has 2 N–H and O–H groups in total. The minimum Gasteiger partial charge on any atom is -0.481 e. The van der Waals surface area contributed by atoms with Crippen molar-refractivity contribution < 1.29 is 24.2 Å².